The van der Waals surface area contributed by atoms with Crippen LogP contribution in [0.2, 0.25) is 0 Å². The van der Waals surface area contributed by atoms with Gasteiger partial charge in [0.15, 0.2) is 0 Å². The molecule has 27 heavy (non-hydrogen) atoms. The largest absolute Gasteiger partial charge is 0.497 e. The minimum Gasteiger partial charge on any atom is -0.497 e. The maximum Gasteiger partial charge on any atom is 0.341 e. The molecule has 1 aromatic heterocycles. The molecule has 0 bridgehead atoms. The molecule has 1 N–H and O–H groups in total. The maximum absolute atomic E-state index is 12.8. The predicted molar refractivity (Wildman–Crippen MR) is 105 cm³/mol. The van der Waals surface area contributed by atoms with Gasteiger partial charge in [-0.05, 0) is 25.1 Å². The van der Waals surface area contributed by atoms with Crippen molar-refractivity contribution in [2.45, 2.75) is 6.92 Å². The summed E-state index contributed by atoms with van der Waals surface area (Å²) in [5.74, 6) is 0.167. The van der Waals surface area contributed by atoms with E-state index in [-0.39, 0.29) is 12.5 Å². The average molecular weight is 385 g/mol. The Labute approximate surface area is 160 Å². The number of esters is 1. The number of benzene rings is 2. The van der Waals surface area contributed by atoms with E-state index in [1.165, 1.54) is 25.6 Å². The molecule has 0 fully saturated rings. The van der Waals surface area contributed by atoms with Crippen LogP contribution in [0.5, 0.6) is 11.5 Å². The minimum absolute atomic E-state index is 0.253. The second-order valence-electron chi connectivity index (χ2n) is 5.58. The van der Waals surface area contributed by atoms with Crippen molar-refractivity contribution in [3.8, 4) is 11.5 Å². The fourth-order valence-corrected chi connectivity index (χ4v) is 3.74. The van der Waals surface area contributed by atoms with E-state index in [2.05, 4.69) is 5.32 Å². The first-order valence-electron chi connectivity index (χ1n) is 8.30. The van der Waals surface area contributed by atoms with Crippen molar-refractivity contribution in [1.29, 1.82) is 0 Å². The summed E-state index contributed by atoms with van der Waals surface area (Å²) in [5, 5.41) is 4.02. The molecule has 0 atom stereocenters. The number of nitrogens with one attached hydrogen (secondary N) is 1. The number of carbonyl (C=O) groups is 2. The molecule has 0 saturated carbocycles. The number of fused-ring (bicyclic) bond motifs is 1. The lowest BCUT2D eigenvalue weighted by molar-refractivity contribution is 0.0530. The van der Waals surface area contributed by atoms with Crippen molar-refractivity contribution in [3.63, 3.8) is 0 Å². The SMILES string of the molecule is CCOC(=O)c1c(NC(=O)c2cc(OC)cc(OC)c2)sc2ccccc12. The highest BCUT2D eigenvalue weighted by Gasteiger charge is 2.22. The lowest BCUT2D eigenvalue weighted by Crippen LogP contribution is -2.14. The van der Waals surface area contributed by atoms with Gasteiger partial charge in [0.1, 0.15) is 22.1 Å². The average Bonchev–Trinajstić information content (AvgIpc) is 3.05. The molecule has 0 unspecified atom stereocenters. The van der Waals surface area contributed by atoms with E-state index in [9.17, 15) is 9.59 Å². The molecule has 3 rings (SSSR count). The second kappa shape index (κ2) is 8.09. The lowest BCUT2D eigenvalue weighted by Gasteiger charge is -2.09. The summed E-state index contributed by atoms with van der Waals surface area (Å²) < 4.78 is 16.5. The molecule has 140 valence electrons. The number of amides is 1. The van der Waals surface area contributed by atoms with E-state index in [4.69, 9.17) is 14.2 Å². The van der Waals surface area contributed by atoms with Gasteiger partial charge in [-0.25, -0.2) is 4.79 Å². The highest BCUT2D eigenvalue weighted by atomic mass is 32.1. The van der Waals surface area contributed by atoms with Gasteiger partial charge in [0.05, 0.1) is 20.8 Å². The zero-order valence-electron chi connectivity index (χ0n) is 15.2. The summed E-state index contributed by atoms with van der Waals surface area (Å²) in [6, 6.07) is 12.3. The van der Waals surface area contributed by atoms with Crippen molar-refractivity contribution >= 4 is 38.3 Å². The van der Waals surface area contributed by atoms with Gasteiger partial charge < -0.3 is 19.5 Å². The van der Waals surface area contributed by atoms with Gasteiger partial charge in [0.25, 0.3) is 5.91 Å². The minimum atomic E-state index is -0.464. The Morgan fingerprint density at radius 1 is 1.04 bits per heavy atom. The number of carbonyl (C=O) groups excluding carboxylic acids is 2. The van der Waals surface area contributed by atoms with E-state index in [0.717, 1.165) is 10.1 Å². The molecule has 0 spiro atoms. The Bertz CT molecular complexity index is 973. The number of methoxy groups -OCH3 is 2. The Kier molecular flexibility index (Phi) is 5.61. The smallest absolute Gasteiger partial charge is 0.341 e. The Balaban J connectivity index is 2.00. The van der Waals surface area contributed by atoms with Crippen LogP contribution in [0.25, 0.3) is 10.1 Å². The van der Waals surface area contributed by atoms with Crippen LogP contribution in [0.15, 0.2) is 42.5 Å². The van der Waals surface area contributed by atoms with Crippen molar-refractivity contribution in [1.82, 2.24) is 0 Å². The zero-order valence-corrected chi connectivity index (χ0v) is 16.0. The summed E-state index contributed by atoms with van der Waals surface area (Å²) in [7, 11) is 3.03. The summed E-state index contributed by atoms with van der Waals surface area (Å²) in [6.07, 6.45) is 0. The van der Waals surface area contributed by atoms with Crippen molar-refractivity contribution in [3.05, 3.63) is 53.6 Å². The maximum atomic E-state index is 12.8. The highest BCUT2D eigenvalue weighted by molar-refractivity contribution is 7.23. The van der Waals surface area contributed by atoms with Gasteiger partial charge in [0.2, 0.25) is 0 Å². The van der Waals surface area contributed by atoms with Crippen LogP contribution in [0.3, 0.4) is 0 Å². The first kappa shape index (κ1) is 18.7. The van der Waals surface area contributed by atoms with Crippen LogP contribution in [0, 0.1) is 0 Å². The first-order chi connectivity index (χ1) is 13.1. The Morgan fingerprint density at radius 2 is 1.70 bits per heavy atom. The van der Waals surface area contributed by atoms with Crippen molar-refractivity contribution in [2.24, 2.45) is 0 Å². The highest BCUT2D eigenvalue weighted by Crippen LogP contribution is 2.36. The summed E-state index contributed by atoms with van der Waals surface area (Å²) >= 11 is 1.33. The fraction of sp³-hybridized carbons (Fsp3) is 0.200. The molecule has 3 aromatic rings. The van der Waals surface area contributed by atoms with Gasteiger partial charge in [-0.2, -0.15) is 0 Å². The van der Waals surface area contributed by atoms with Crippen LogP contribution in [0.1, 0.15) is 27.6 Å². The van der Waals surface area contributed by atoms with E-state index in [0.29, 0.717) is 27.6 Å². The molecule has 6 nitrogen and oxygen atoms in total. The van der Waals surface area contributed by atoms with Gasteiger partial charge in [-0.15, -0.1) is 11.3 Å². The third-order valence-electron chi connectivity index (χ3n) is 3.92. The van der Waals surface area contributed by atoms with E-state index >= 15 is 0 Å². The number of anilines is 1. The van der Waals surface area contributed by atoms with Crippen molar-refractivity contribution in [2.75, 3.05) is 26.1 Å². The predicted octanol–water partition coefficient (Wildman–Crippen LogP) is 4.35. The van der Waals surface area contributed by atoms with Crippen LogP contribution >= 0.6 is 11.3 Å². The summed E-state index contributed by atoms with van der Waals surface area (Å²) in [6.45, 7) is 2.00. The fourth-order valence-electron chi connectivity index (χ4n) is 2.65. The number of thiophene rings is 1. The lowest BCUT2D eigenvalue weighted by atomic mass is 10.1. The molecule has 0 aliphatic carbocycles. The van der Waals surface area contributed by atoms with Crippen LogP contribution in [-0.4, -0.2) is 32.7 Å². The van der Waals surface area contributed by atoms with E-state index < -0.39 is 5.97 Å². The van der Waals surface area contributed by atoms with E-state index in [1.54, 1.807) is 25.1 Å². The van der Waals surface area contributed by atoms with Gasteiger partial charge in [-0.3, -0.25) is 4.79 Å². The normalized spacial score (nSPS) is 10.5. The summed E-state index contributed by atoms with van der Waals surface area (Å²) in [4.78, 5) is 25.2. The van der Waals surface area contributed by atoms with Crippen LogP contribution in [-0.2, 0) is 4.74 Å². The first-order valence-corrected chi connectivity index (χ1v) is 9.12. The van der Waals surface area contributed by atoms with Crippen molar-refractivity contribution < 1.29 is 23.8 Å². The topological polar surface area (TPSA) is 73.9 Å². The molecular formula is C20H19NO5S. The summed E-state index contributed by atoms with van der Waals surface area (Å²) in [5.41, 5.74) is 0.721. The van der Waals surface area contributed by atoms with E-state index in [1.807, 2.05) is 24.3 Å². The Hall–Kier alpha value is -3.06. The molecule has 7 heteroatoms. The number of hydrogen-bond donors (Lipinski definition) is 1. The number of rotatable bonds is 6. The molecule has 0 aliphatic heterocycles. The standard InChI is InChI=1S/C20H19NO5S/c1-4-26-20(23)17-15-7-5-6-8-16(15)27-19(17)21-18(22)12-9-13(24-2)11-14(10-12)25-3/h5-11H,4H2,1-3H3,(H,21,22). The van der Waals surface area contributed by atoms with Gasteiger partial charge >= 0.3 is 5.97 Å². The third kappa shape index (κ3) is 3.88. The van der Waals surface area contributed by atoms with Gasteiger partial charge in [-0.1, -0.05) is 18.2 Å². The number of ether oxygens (including phenoxy) is 3. The molecular weight excluding hydrogens is 366 g/mol. The monoisotopic (exact) mass is 385 g/mol. The van der Waals surface area contributed by atoms with Gasteiger partial charge in [0, 0.05) is 21.7 Å². The molecule has 0 radical (unpaired) electrons. The third-order valence-corrected chi connectivity index (χ3v) is 5.00. The molecule has 0 saturated heterocycles. The molecule has 2 aromatic carbocycles. The quantitative estimate of drug-likeness (QED) is 0.639. The number of hydrogen-bond acceptors (Lipinski definition) is 6. The zero-order chi connectivity index (χ0) is 19.4. The van der Waals surface area contributed by atoms with Crippen LogP contribution < -0.4 is 14.8 Å². The van der Waals surface area contributed by atoms with Crippen LogP contribution in [0.4, 0.5) is 5.00 Å². The second-order valence-corrected chi connectivity index (χ2v) is 6.63. The molecule has 1 heterocycles. The molecule has 0 aliphatic rings. The molecule has 1 amide bonds. The Morgan fingerprint density at radius 3 is 2.33 bits per heavy atom.